The number of benzene rings is 4. The van der Waals surface area contributed by atoms with Crippen LogP contribution in [-0.4, -0.2) is 35.9 Å². The lowest BCUT2D eigenvalue weighted by atomic mass is 10.0. The molecule has 8 heteroatoms. The van der Waals surface area contributed by atoms with Gasteiger partial charge in [-0.2, -0.15) is 0 Å². The molecule has 4 aromatic carbocycles. The van der Waals surface area contributed by atoms with Crippen molar-refractivity contribution in [2.75, 3.05) is 13.2 Å². The maximum atomic E-state index is 13.9. The van der Waals surface area contributed by atoms with E-state index in [1.807, 2.05) is 80.6 Å². The topological polar surface area (TPSA) is 58.6 Å². The largest absolute Gasteiger partial charge is 0.483 e. The minimum atomic E-state index is -0.815. The van der Waals surface area contributed by atoms with E-state index in [1.54, 1.807) is 18.2 Å². The Morgan fingerprint density at radius 3 is 2.27 bits per heavy atom. The van der Waals surface area contributed by atoms with E-state index in [2.05, 4.69) is 21.2 Å². The van der Waals surface area contributed by atoms with Gasteiger partial charge >= 0.3 is 0 Å². The summed E-state index contributed by atoms with van der Waals surface area (Å²) >= 11 is 16.7. The van der Waals surface area contributed by atoms with Crippen LogP contribution in [0.25, 0.3) is 10.8 Å². The van der Waals surface area contributed by atoms with Gasteiger partial charge in [0.1, 0.15) is 11.8 Å². The maximum Gasteiger partial charge on any atom is 0.261 e. The number of amides is 2. The van der Waals surface area contributed by atoms with E-state index in [0.29, 0.717) is 34.3 Å². The van der Waals surface area contributed by atoms with Crippen molar-refractivity contribution in [1.82, 2.24) is 10.2 Å². The van der Waals surface area contributed by atoms with Gasteiger partial charge in [0.25, 0.3) is 5.91 Å². The van der Waals surface area contributed by atoms with Crippen molar-refractivity contribution in [2.24, 2.45) is 5.92 Å². The van der Waals surface area contributed by atoms with Crippen molar-refractivity contribution in [3.63, 3.8) is 0 Å². The SMILES string of the molecule is CC(C)CNC(=O)C(Cc1ccccc1)N(Cc1c(Cl)cccc1Cl)C(=O)COc1ccc2ccccc2c1Br. The summed E-state index contributed by atoms with van der Waals surface area (Å²) < 4.78 is 6.79. The van der Waals surface area contributed by atoms with Gasteiger partial charge in [-0.15, -0.1) is 0 Å². The quantitative estimate of drug-likeness (QED) is 0.183. The number of halogens is 3. The summed E-state index contributed by atoms with van der Waals surface area (Å²) in [6.07, 6.45) is 0.318. The molecule has 1 N–H and O–H groups in total. The Bertz CT molecular complexity index is 1460. The molecule has 0 radical (unpaired) electrons. The van der Waals surface area contributed by atoms with Crippen molar-refractivity contribution >= 4 is 61.7 Å². The highest BCUT2D eigenvalue weighted by atomic mass is 79.9. The van der Waals surface area contributed by atoms with Crippen molar-refractivity contribution in [1.29, 1.82) is 0 Å². The van der Waals surface area contributed by atoms with Gasteiger partial charge in [0.15, 0.2) is 6.61 Å². The molecule has 0 aliphatic rings. The Balaban J connectivity index is 1.67. The molecule has 0 saturated carbocycles. The van der Waals surface area contributed by atoms with Crippen LogP contribution in [-0.2, 0) is 22.6 Å². The third-order valence-electron chi connectivity index (χ3n) is 6.52. The molecule has 0 aliphatic carbocycles. The van der Waals surface area contributed by atoms with Gasteiger partial charge in [0.2, 0.25) is 5.91 Å². The van der Waals surface area contributed by atoms with E-state index >= 15 is 0 Å². The molecule has 4 rings (SSSR count). The highest BCUT2D eigenvalue weighted by Gasteiger charge is 2.32. The molecule has 4 aromatic rings. The van der Waals surface area contributed by atoms with Gasteiger partial charge in [0.05, 0.1) is 4.47 Å². The van der Waals surface area contributed by atoms with Crippen LogP contribution in [0, 0.1) is 5.92 Å². The van der Waals surface area contributed by atoms with Gasteiger partial charge in [-0.25, -0.2) is 0 Å². The predicted molar refractivity (Wildman–Crippen MR) is 166 cm³/mol. The zero-order valence-corrected chi connectivity index (χ0v) is 25.5. The number of nitrogens with zero attached hydrogens (tertiary/aromatic N) is 1. The summed E-state index contributed by atoms with van der Waals surface area (Å²) in [5.74, 6) is 0.168. The van der Waals surface area contributed by atoms with Gasteiger partial charge in [-0.1, -0.05) is 104 Å². The van der Waals surface area contributed by atoms with E-state index < -0.39 is 6.04 Å². The number of carbonyl (C=O) groups excluding carboxylic acids is 2. The molecule has 0 aromatic heterocycles. The second-order valence-electron chi connectivity index (χ2n) is 9.95. The molecule has 1 unspecified atom stereocenters. The lowest BCUT2D eigenvalue weighted by Gasteiger charge is -2.32. The van der Waals surface area contributed by atoms with Crippen molar-refractivity contribution < 1.29 is 14.3 Å². The Hall–Kier alpha value is -3.06. The Kier molecular flexibility index (Phi) is 10.5. The number of carbonyl (C=O) groups is 2. The molecule has 208 valence electrons. The standard InChI is InChI=1S/C32H31BrCl2N2O3/c1-21(2)18-36-32(39)28(17-22-9-4-3-5-10-22)37(19-25-26(34)13-8-14-27(25)35)30(38)20-40-29-16-15-23-11-6-7-12-24(23)31(29)33/h3-16,21,28H,17-20H2,1-2H3,(H,36,39). The smallest absolute Gasteiger partial charge is 0.261 e. The van der Waals surface area contributed by atoms with E-state index in [0.717, 1.165) is 20.8 Å². The monoisotopic (exact) mass is 640 g/mol. The lowest BCUT2D eigenvalue weighted by molar-refractivity contribution is -0.142. The van der Waals surface area contributed by atoms with Crippen LogP contribution in [0.4, 0.5) is 0 Å². The van der Waals surface area contributed by atoms with Crippen LogP contribution in [0.3, 0.4) is 0 Å². The summed E-state index contributed by atoms with van der Waals surface area (Å²) in [7, 11) is 0. The van der Waals surface area contributed by atoms with Crippen LogP contribution in [0.2, 0.25) is 10.0 Å². The number of rotatable bonds is 11. The Labute approximate surface area is 253 Å². The first-order valence-electron chi connectivity index (χ1n) is 13.1. The van der Waals surface area contributed by atoms with Gasteiger partial charge in [-0.05, 0) is 56.4 Å². The second-order valence-corrected chi connectivity index (χ2v) is 11.6. The summed E-state index contributed by atoms with van der Waals surface area (Å²) in [5, 5.41) is 5.87. The molecule has 0 fully saturated rings. The third-order valence-corrected chi connectivity index (χ3v) is 8.05. The fourth-order valence-electron chi connectivity index (χ4n) is 4.38. The van der Waals surface area contributed by atoms with E-state index in [-0.39, 0.29) is 30.9 Å². The van der Waals surface area contributed by atoms with E-state index in [9.17, 15) is 9.59 Å². The van der Waals surface area contributed by atoms with Crippen molar-refractivity contribution in [3.8, 4) is 5.75 Å². The Morgan fingerprint density at radius 1 is 0.900 bits per heavy atom. The third kappa shape index (κ3) is 7.57. The molecule has 2 amide bonds. The highest BCUT2D eigenvalue weighted by Crippen LogP contribution is 2.33. The van der Waals surface area contributed by atoms with Gasteiger partial charge < -0.3 is 15.0 Å². The maximum absolute atomic E-state index is 13.9. The van der Waals surface area contributed by atoms with Crippen molar-refractivity contribution in [2.45, 2.75) is 32.9 Å². The summed E-state index contributed by atoms with van der Waals surface area (Å²) in [4.78, 5) is 29.0. The normalized spacial score (nSPS) is 11.8. The minimum absolute atomic E-state index is 0.0478. The van der Waals surface area contributed by atoms with Crippen LogP contribution in [0.1, 0.15) is 25.0 Å². The number of nitrogens with one attached hydrogen (secondary N) is 1. The first-order chi connectivity index (χ1) is 19.2. The number of hydrogen-bond donors (Lipinski definition) is 1. The molecule has 40 heavy (non-hydrogen) atoms. The number of hydrogen-bond acceptors (Lipinski definition) is 3. The number of fused-ring (bicyclic) bond motifs is 1. The summed E-state index contributed by atoms with van der Waals surface area (Å²) in [6, 6.07) is 25.7. The average molecular weight is 642 g/mol. The molecule has 0 bridgehead atoms. The predicted octanol–water partition coefficient (Wildman–Crippen LogP) is 7.70. The summed E-state index contributed by atoms with van der Waals surface area (Å²) in [5.41, 5.74) is 1.49. The van der Waals surface area contributed by atoms with Crippen LogP contribution < -0.4 is 10.1 Å². The average Bonchev–Trinajstić information content (AvgIpc) is 2.95. The molecule has 1 atom stereocenters. The van der Waals surface area contributed by atoms with Gasteiger partial charge in [0, 0.05) is 35.1 Å². The molecule has 0 heterocycles. The van der Waals surface area contributed by atoms with Crippen LogP contribution >= 0.6 is 39.1 Å². The molecule has 0 saturated heterocycles. The first-order valence-corrected chi connectivity index (χ1v) is 14.6. The van der Waals surface area contributed by atoms with Crippen molar-refractivity contribution in [3.05, 3.63) is 111 Å². The molecule has 0 aliphatic heterocycles. The molecular weight excluding hydrogens is 611 g/mol. The van der Waals surface area contributed by atoms with Crippen LogP contribution in [0.15, 0.2) is 89.4 Å². The lowest BCUT2D eigenvalue weighted by Crippen LogP contribution is -2.52. The van der Waals surface area contributed by atoms with Crippen LogP contribution in [0.5, 0.6) is 5.75 Å². The minimum Gasteiger partial charge on any atom is -0.483 e. The summed E-state index contributed by atoms with van der Waals surface area (Å²) in [6.45, 7) is 4.30. The first kappa shape index (κ1) is 29.9. The molecule has 5 nitrogen and oxygen atoms in total. The zero-order chi connectivity index (χ0) is 28.6. The van der Waals surface area contributed by atoms with E-state index in [1.165, 1.54) is 4.90 Å². The fourth-order valence-corrected chi connectivity index (χ4v) is 5.50. The highest BCUT2D eigenvalue weighted by molar-refractivity contribution is 9.10. The second kappa shape index (κ2) is 14.0. The van der Waals surface area contributed by atoms with E-state index in [4.69, 9.17) is 27.9 Å². The fraction of sp³-hybridized carbons (Fsp3) is 0.250. The van der Waals surface area contributed by atoms with Gasteiger partial charge in [-0.3, -0.25) is 9.59 Å². The zero-order valence-electron chi connectivity index (χ0n) is 22.4. The molecule has 0 spiro atoms. The Morgan fingerprint density at radius 2 is 1.57 bits per heavy atom. The number of ether oxygens (including phenoxy) is 1. The molecular formula is C32H31BrCl2N2O3.